The number of hydrogen-bond donors (Lipinski definition) is 1. The Morgan fingerprint density at radius 3 is 2.80 bits per heavy atom. The summed E-state index contributed by atoms with van der Waals surface area (Å²) in [6, 6.07) is 1.66. The van der Waals surface area contributed by atoms with Crippen LogP contribution in [0.4, 0.5) is 5.82 Å². The van der Waals surface area contributed by atoms with Gasteiger partial charge in [0.2, 0.25) is 11.8 Å². The van der Waals surface area contributed by atoms with E-state index in [0.717, 1.165) is 25.9 Å². The molecule has 1 aromatic rings. The largest absolute Gasteiger partial charge is 0.360 e. The van der Waals surface area contributed by atoms with Gasteiger partial charge in [0.25, 0.3) is 0 Å². The van der Waals surface area contributed by atoms with E-state index in [-0.39, 0.29) is 17.1 Å². The van der Waals surface area contributed by atoms with E-state index in [2.05, 4.69) is 10.5 Å². The summed E-state index contributed by atoms with van der Waals surface area (Å²) in [5.41, 5.74) is 0. The lowest BCUT2D eigenvalue weighted by molar-refractivity contribution is -0.127. The number of aryl methyl sites for hydroxylation is 1. The molecule has 20 heavy (non-hydrogen) atoms. The smallest absolute Gasteiger partial charge is 0.238 e. The number of carbonyl (C=O) groups excluding carboxylic acids is 2. The first-order valence-electron chi connectivity index (χ1n) is 6.70. The predicted octanol–water partition coefficient (Wildman–Crippen LogP) is 1.67. The highest BCUT2D eigenvalue weighted by atomic mass is 32.2. The molecule has 0 saturated carbocycles. The Kier molecular flexibility index (Phi) is 5.05. The molecule has 1 atom stereocenters. The highest BCUT2D eigenvalue weighted by Crippen LogP contribution is 2.16. The van der Waals surface area contributed by atoms with Crippen LogP contribution in [-0.4, -0.2) is 46.0 Å². The molecule has 0 aliphatic carbocycles. The third-order valence-corrected chi connectivity index (χ3v) is 4.29. The van der Waals surface area contributed by atoms with Gasteiger partial charge in [0, 0.05) is 19.2 Å². The van der Waals surface area contributed by atoms with E-state index in [1.165, 1.54) is 11.8 Å². The molecule has 2 heterocycles. The minimum Gasteiger partial charge on any atom is -0.360 e. The predicted molar refractivity (Wildman–Crippen MR) is 77.6 cm³/mol. The third-order valence-electron chi connectivity index (χ3n) is 3.16. The third kappa shape index (κ3) is 4.00. The van der Waals surface area contributed by atoms with Crippen LogP contribution >= 0.6 is 11.8 Å². The molecule has 1 saturated heterocycles. The van der Waals surface area contributed by atoms with Crippen molar-refractivity contribution in [2.45, 2.75) is 31.9 Å². The van der Waals surface area contributed by atoms with Gasteiger partial charge in [-0.05, 0) is 26.7 Å². The number of amides is 2. The van der Waals surface area contributed by atoms with Crippen molar-refractivity contribution in [3.63, 3.8) is 0 Å². The molecular weight excluding hydrogens is 278 g/mol. The lowest BCUT2D eigenvalue weighted by Crippen LogP contribution is -2.31. The fourth-order valence-corrected chi connectivity index (χ4v) is 2.77. The van der Waals surface area contributed by atoms with Crippen molar-refractivity contribution in [2.75, 3.05) is 24.2 Å². The van der Waals surface area contributed by atoms with E-state index in [0.29, 0.717) is 17.3 Å². The fourth-order valence-electron chi connectivity index (χ4n) is 1.98. The van der Waals surface area contributed by atoms with Gasteiger partial charge in [-0.25, -0.2) is 0 Å². The van der Waals surface area contributed by atoms with Crippen molar-refractivity contribution in [1.82, 2.24) is 10.1 Å². The molecule has 1 unspecified atom stereocenters. The highest BCUT2D eigenvalue weighted by molar-refractivity contribution is 8.01. The van der Waals surface area contributed by atoms with Crippen molar-refractivity contribution in [3.05, 3.63) is 11.8 Å². The highest BCUT2D eigenvalue weighted by Gasteiger charge is 2.21. The van der Waals surface area contributed by atoms with E-state index >= 15 is 0 Å². The summed E-state index contributed by atoms with van der Waals surface area (Å²) in [5.74, 6) is 1.34. The van der Waals surface area contributed by atoms with E-state index < -0.39 is 0 Å². The first kappa shape index (κ1) is 14.9. The van der Waals surface area contributed by atoms with Gasteiger partial charge in [0.15, 0.2) is 5.82 Å². The Balaban J connectivity index is 1.74. The number of carbonyl (C=O) groups is 2. The Morgan fingerprint density at radius 1 is 1.50 bits per heavy atom. The average molecular weight is 297 g/mol. The second-order valence-corrected chi connectivity index (χ2v) is 6.18. The van der Waals surface area contributed by atoms with Crippen LogP contribution in [0, 0.1) is 6.92 Å². The summed E-state index contributed by atoms with van der Waals surface area (Å²) in [7, 11) is 0. The van der Waals surface area contributed by atoms with Crippen molar-refractivity contribution >= 4 is 29.4 Å². The fraction of sp³-hybridized carbons (Fsp3) is 0.615. The molecule has 2 rings (SSSR count). The molecule has 1 aliphatic rings. The van der Waals surface area contributed by atoms with E-state index in [4.69, 9.17) is 4.52 Å². The van der Waals surface area contributed by atoms with E-state index in [1.807, 2.05) is 4.90 Å². The summed E-state index contributed by atoms with van der Waals surface area (Å²) in [6.45, 7) is 5.23. The molecule has 0 bridgehead atoms. The van der Waals surface area contributed by atoms with E-state index in [9.17, 15) is 9.59 Å². The number of nitrogens with one attached hydrogen (secondary N) is 1. The van der Waals surface area contributed by atoms with Crippen LogP contribution < -0.4 is 5.32 Å². The summed E-state index contributed by atoms with van der Waals surface area (Å²) in [5, 5.41) is 6.06. The van der Waals surface area contributed by atoms with Gasteiger partial charge in [-0.15, -0.1) is 11.8 Å². The van der Waals surface area contributed by atoms with Gasteiger partial charge in [0.05, 0.1) is 11.0 Å². The Bertz CT molecular complexity index is 483. The number of hydrogen-bond acceptors (Lipinski definition) is 5. The van der Waals surface area contributed by atoms with Crippen LogP contribution in [0.15, 0.2) is 10.6 Å². The zero-order chi connectivity index (χ0) is 14.5. The number of thioether (sulfide) groups is 1. The zero-order valence-corrected chi connectivity index (χ0v) is 12.5. The molecule has 2 amide bonds. The minimum absolute atomic E-state index is 0.115. The summed E-state index contributed by atoms with van der Waals surface area (Å²) in [6.07, 6.45) is 2.16. The molecule has 0 aromatic carbocycles. The zero-order valence-electron chi connectivity index (χ0n) is 11.7. The topological polar surface area (TPSA) is 75.4 Å². The maximum Gasteiger partial charge on any atom is 0.238 e. The summed E-state index contributed by atoms with van der Waals surface area (Å²) in [4.78, 5) is 25.7. The molecule has 1 aliphatic heterocycles. The summed E-state index contributed by atoms with van der Waals surface area (Å²) >= 11 is 1.34. The Hall–Kier alpha value is -1.50. The van der Waals surface area contributed by atoms with Gasteiger partial charge in [-0.3, -0.25) is 9.59 Å². The molecule has 1 N–H and O–H groups in total. The Labute approximate surface area is 122 Å². The molecule has 110 valence electrons. The van der Waals surface area contributed by atoms with Crippen molar-refractivity contribution in [3.8, 4) is 0 Å². The van der Waals surface area contributed by atoms with Gasteiger partial charge < -0.3 is 14.7 Å². The average Bonchev–Trinajstić information content (AvgIpc) is 3.07. The molecule has 1 fully saturated rings. The van der Waals surface area contributed by atoms with Crippen LogP contribution in [0.3, 0.4) is 0 Å². The standard InChI is InChI=1S/C13H19N3O3S/c1-9-7-11(15-19-9)14-13(18)10(2)20-8-12(17)16-5-3-4-6-16/h7,10H,3-6,8H2,1-2H3,(H,14,15,18). The monoisotopic (exact) mass is 297 g/mol. The van der Waals surface area contributed by atoms with Gasteiger partial charge in [-0.1, -0.05) is 5.16 Å². The molecule has 7 heteroatoms. The minimum atomic E-state index is -0.307. The van der Waals surface area contributed by atoms with Crippen LogP contribution in [0.25, 0.3) is 0 Å². The molecule has 1 aromatic heterocycles. The first-order valence-corrected chi connectivity index (χ1v) is 7.74. The lowest BCUT2D eigenvalue weighted by Gasteiger charge is -2.16. The van der Waals surface area contributed by atoms with Gasteiger partial charge >= 0.3 is 0 Å². The molecule has 6 nitrogen and oxygen atoms in total. The number of aromatic nitrogens is 1. The van der Waals surface area contributed by atoms with Crippen LogP contribution in [-0.2, 0) is 9.59 Å². The first-order chi connectivity index (χ1) is 9.56. The van der Waals surface area contributed by atoms with E-state index in [1.54, 1.807) is 19.9 Å². The number of anilines is 1. The second-order valence-electron chi connectivity index (χ2n) is 4.85. The number of rotatable bonds is 5. The van der Waals surface area contributed by atoms with Crippen molar-refractivity contribution in [1.29, 1.82) is 0 Å². The molecular formula is C13H19N3O3S. The van der Waals surface area contributed by atoms with Crippen LogP contribution in [0.5, 0.6) is 0 Å². The maximum absolute atomic E-state index is 11.9. The van der Waals surface area contributed by atoms with Crippen molar-refractivity contribution < 1.29 is 14.1 Å². The van der Waals surface area contributed by atoms with Crippen molar-refractivity contribution in [2.24, 2.45) is 0 Å². The molecule has 0 radical (unpaired) electrons. The quantitative estimate of drug-likeness (QED) is 0.894. The van der Waals surface area contributed by atoms with Gasteiger partial charge in [0.1, 0.15) is 5.76 Å². The van der Waals surface area contributed by atoms with Gasteiger partial charge in [-0.2, -0.15) is 0 Å². The second kappa shape index (κ2) is 6.78. The maximum atomic E-state index is 11.9. The molecule has 0 spiro atoms. The summed E-state index contributed by atoms with van der Waals surface area (Å²) < 4.78 is 4.88. The lowest BCUT2D eigenvalue weighted by atomic mass is 10.4. The SMILES string of the molecule is Cc1cc(NC(=O)C(C)SCC(=O)N2CCCC2)no1. The Morgan fingerprint density at radius 2 is 2.20 bits per heavy atom. The van der Waals surface area contributed by atoms with Crippen LogP contribution in [0.1, 0.15) is 25.5 Å². The van der Waals surface area contributed by atoms with Crippen LogP contribution in [0.2, 0.25) is 0 Å². The normalized spacial score (nSPS) is 16.2. The number of likely N-dealkylation sites (tertiary alicyclic amines) is 1. The number of nitrogens with zero attached hydrogens (tertiary/aromatic N) is 2.